The molecular formula is C8H13NO4. The average molecular weight is 187 g/mol. The van der Waals surface area contributed by atoms with Crippen LogP contribution in [0, 0.1) is 0 Å². The van der Waals surface area contributed by atoms with Gasteiger partial charge >= 0.3 is 0 Å². The summed E-state index contributed by atoms with van der Waals surface area (Å²) in [5.41, 5.74) is 2.69. The van der Waals surface area contributed by atoms with Gasteiger partial charge in [0.05, 0.1) is 6.04 Å². The summed E-state index contributed by atoms with van der Waals surface area (Å²) in [5.74, 6) is -1.08. The lowest BCUT2D eigenvalue weighted by molar-refractivity contribution is -0.344. The van der Waals surface area contributed by atoms with Crippen LogP contribution in [-0.2, 0) is 14.3 Å². The monoisotopic (exact) mass is 187 g/mol. The third-order valence-corrected chi connectivity index (χ3v) is 2.61. The lowest BCUT2D eigenvalue weighted by Crippen LogP contribution is -2.69. The van der Waals surface area contributed by atoms with Crippen LogP contribution in [0.1, 0.15) is 0 Å². The number of hydrogen-bond donors (Lipinski definition) is 2. The van der Waals surface area contributed by atoms with E-state index >= 15 is 0 Å². The molecule has 0 aromatic heterocycles. The van der Waals surface area contributed by atoms with Crippen LogP contribution in [0.15, 0.2) is 12.2 Å². The SMILES string of the molecule is COC1(OC)C2C=CC(NO2)C1O. The first kappa shape index (κ1) is 9.11. The summed E-state index contributed by atoms with van der Waals surface area (Å²) in [6.45, 7) is 0. The fourth-order valence-electron chi connectivity index (χ4n) is 1.81. The second kappa shape index (κ2) is 3.04. The van der Waals surface area contributed by atoms with E-state index in [1.807, 2.05) is 12.2 Å². The molecule has 1 fully saturated rings. The maximum Gasteiger partial charge on any atom is 0.228 e. The first-order chi connectivity index (χ1) is 6.24. The fourth-order valence-corrected chi connectivity index (χ4v) is 1.81. The van der Waals surface area contributed by atoms with E-state index in [0.29, 0.717) is 0 Å². The van der Waals surface area contributed by atoms with Crippen molar-refractivity contribution in [2.45, 2.75) is 24.0 Å². The van der Waals surface area contributed by atoms with Crippen LogP contribution >= 0.6 is 0 Å². The zero-order valence-electron chi connectivity index (χ0n) is 7.56. The van der Waals surface area contributed by atoms with Crippen LogP contribution in [-0.4, -0.2) is 43.4 Å². The molecule has 13 heavy (non-hydrogen) atoms. The fraction of sp³-hybridized carbons (Fsp3) is 0.750. The molecule has 2 aliphatic heterocycles. The number of rotatable bonds is 2. The van der Waals surface area contributed by atoms with Gasteiger partial charge in [0.25, 0.3) is 0 Å². The normalized spacial score (nSPS) is 41.0. The molecule has 2 bridgehead atoms. The average Bonchev–Trinajstić information content (AvgIpc) is 2.21. The number of methoxy groups -OCH3 is 2. The van der Waals surface area contributed by atoms with E-state index in [4.69, 9.17) is 14.3 Å². The molecule has 2 N–H and O–H groups in total. The van der Waals surface area contributed by atoms with Gasteiger partial charge in [-0.25, -0.2) is 0 Å². The molecule has 0 aromatic carbocycles. The van der Waals surface area contributed by atoms with Crippen molar-refractivity contribution in [3.8, 4) is 0 Å². The van der Waals surface area contributed by atoms with Crippen LogP contribution in [0.4, 0.5) is 0 Å². The van der Waals surface area contributed by atoms with Gasteiger partial charge in [-0.2, -0.15) is 5.48 Å². The number of ether oxygens (including phenoxy) is 2. The largest absolute Gasteiger partial charge is 0.385 e. The zero-order chi connectivity index (χ0) is 9.47. The van der Waals surface area contributed by atoms with Gasteiger partial charge in [-0.3, -0.25) is 4.84 Å². The number of aliphatic hydroxyl groups excluding tert-OH is 1. The Morgan fingerprint density at radius 3 is 2.38 bits per heavy atom. The van der Waals surface area contributed by atoms with Crippen molar-refractivity contribution < 1.29 is 19.4 Å². The van der Waals surface area contributed by atoms with E-state index < -0.39 is 18.0 Å². The Morgan fingerprint density at radius 2 is 2.08 bits per heavy atom. The molecule has 0 aromatic rings. The van der Waals surface area contributed by atoms with Crippen molar-refractivity contribution >= 4 is 0 Å². The van der Waals surface area contributed by atoms with Gasteiger partial charge in [-0.05, 0) is 0 Å². The van der Waals surface area contributed by atoms with Gasteiger partial charge in [-0.15, -0.1) is 0 Å². The Bertz CT molecular complexity index is 226. The van der Waals surface area contributed by atoms with Gasteiger partial charge < -0.3 is 14.6 Å². The van der Waals surface area contributed by atoms with Gasteiger partial charge in [0, 0.05) is 14.2 Å². The molecule has 1 aliphatic carbocycles. The summed E-state index contributed by atoms with van der Waals surface area (Å²) < 4.78 is 10.4. The minimum absolute atomic E-state index is 0.273. The third kappa shape index (κ3) is 1.06. The first-order valence-electron chi connectivity index (χ1n) is 4.12. The van der Waals surface area contributed by atoms with Crippen LogP contribution in [0.5, 0.6) is 0 Å². The third-order valence-electron chi connectivity index (χ3n) is 2.61. The lowest BCUT2D eigenvalue weighted by Gasteiger charge is -2.48. The molecule has 1 saturated heterocycles. The Labute approximate surface area is 76.2 Å². The molecule has 2 heterocycles. The van der Waals surface area contributed by atoms with Crippen molar-refractivity contribution in [3.05, 3.63) is 12.2 Å². The quantitative estimate of drug-likeness (QED) is 0.437. The van der Waals surface area contributed by atoms with Gasteiger partial charge in [0.2, 0.25) is 5.79 Å². The second-order valence-electron chi connectivity index (χ2n) is 3.14. The maximum absolute atomic E-state index is 9.87. The van der Waals surface area contributed by atoms with E-state index in [0.717, 1.165) is 0 Å². The highest BCUT2D eigenvalue weighted by Gasteiger charge is 2.55. The number of nitrogens with one attached hydrogen (secondary N) is 1. The van der Waals surface area contributed by atoms with E-state index in [-0.39, 0.29) is 6.04 Å². The van der Waals surface area contributed by atoms with Crippen molar-refractivity contribution in [2.24, 2.45) is 0 Å². The molecule has 0 spiro atoms. The van der Waals surface area contributed by atoms with Gasteiger partial charge in [-0.1, -0.05) is 12.2 Å². The Hall–Kier alpha value is -0.460. The highest BCUT2D eigenvalue weighted by molar-refractivity contribution is 5.17. The summed E-state index contributed by atoms with van der Waals surface area (Å²) >= 11 is 0. The molecule has 3 unspecified atom stereocenters. The van der Waals surface area contributed by atoms with Crippen LogP contribution in [0.3, 0.4) is 0 Å². The van der Waals surface area contributed by atoms with Gasteiger partial charge in [0.1, 0.15) is 6.10 Å². The van der Waals surface area contributed by atoms with Crippen molar-refractivity contribution in [1.29, 1.82) is 0 Å². The summed E-state index contributed by atoms with van der Waals surface area (Å²) in [6, 6.07) is -0.273. The molecule has 5 heteroatoms. The van der Waals surface area contributed by atoms with Gasteiger partial charge in [0.15, 0.2) is 6.10 Å². The van der Waals surface area contributed by atoms with E-state index in [9.17, 15) is 5.11 Å². The van der Waals surface area contributed by atoms with Crippen LogP contribution in [0.25, 0.3) is 0 Å². The molecule has 74 valence electrons. The molecule has 3 atom stereocenters. The molecule has 3 rings (SSSR count). The van der Waals surface area contributed by atoms with Crippen molar-refractivity contribution in [1.82, 2.24) is 5.48 Å². The summed E-state index contributed by atoms with van der Waals surface area (Å²) in [4.78, 5) is 5.20. The minimum atomic E-state index is -1.08. The molecule has 0 saturated carbocycles. The molecule has 0 amide bonds. The zero-order valence-corrected chi connectivity index (χ0v) is 7.56. The standard InChI is InChI=1S/C8H13NO4/c1-11-8(12-2)6-4-3-5(7(8)10)9-13-6/h3-7,9-10H,1-2H3. The van der Waals surface area contributed by atoms with E-state index in [1.165, 1.54) is 14.2 Å². The molecule has 0 radical (unpaired) electrons. The Balaban J connectivity index is 2.33. The number of hydroxylamine groups is 1. The van der Waals surface area contributed by atoms with Crippen molar-refractivity contribution in [2.75, 3.05) is 14.2 Å². The highest BCUT2D eigenvalue weighted by Crippen LogP contribution is 2.34. The van der Waals surface area contributed by atoms with Crippen LogP contribution in [0.2, 0.25) is 0 Å². The van der Waals surface area contributed by atoms with E-state index in [2.05, 4.69) is 5.48 Å². The second-order valence-corrected chi connectivity index (χ2v) is 3.14. The predicted octanol–water partition coefficient (Wildman–Crippen LogP) is -0.822. The molecule has 5 nitrogen and oxygen atoms in total. The summed E-state index contributed by atoms with van der Waals surface area (Å²) in [7, 11) is 2.98. The van der Waals surface area contributed by atoms with Crippen LogP contribution < -0.4 is 5.48 Å². The Morgan fingerprint density at radius 1 is 1.38 bits per heavy atom. The number of aliphatic hydroxyl groups is 1. The molecular weight excluding hydrogens is 174 g/mol. The Kier molecular flexibility index (Phi) is 2.13. The molecule has 3 aliphatic rings. The predicted molar refractivity (Wildman–Crippen MR) is 43.7 cm³/mol. The lowest BCUT2D eigenvalue weighted by atomic mass is 9.89. The first-order valence-corrected chi connectivity index (χ1v) is 4.12. The highest BCUT2D eigenvalue weighted by atomic mass is 16.8. The smallest absolute Gasteiger partial charge is 0.228 e. The summed E-state index contributed by atoms with van der Waals surface area (Å²) in [5, 5.41) is 9.87. The van der Waals surface area contributed by atoms with E-state index in [1.54, 1.807) is 0 Å². The summed E-state index contributed by atoms with van der Waals surface area (Å²) in [6.07, 6.45) is 2.49. The maximum atomic E-state index is 9.87. The topological polar surface area (TPSA) is 60.0 Å². The number of fused-ring (bicyclic) bond motifs is 2. The minimum Gasteiger partial charge on any atom is -0.385 e. The number of hydrogen-bond acceptors (Lipinski definition) is 5. The van der Waals surface area contributed by atoms with Crippen molar-refractivity contribution in [3.63, 3.8) is 0 Å².